The van der Waals surface area contributed by atoms with E-state index in [9.17, 15) is 14.0 Å². The summed E-state index contributed by atoms with van der Waals surface area (Å²) in [4.78, 5) is 27.5. The Morgan fingerprint density at radius 1 is 1.29 bits per heavy atom. The zero-order chi connectivity index (χ0) is 17.3. The summed E-state index contributed by atoms with van der Waals surface area (Å²) in [7, 11) is 0. The van der Waals surface area contributed by atoms with E-state index in [2.05, 4.69) is 10.3 Å². The van der Waals surface area contributed by atoms with Crippen molar-refractivity contribution in [3.63, 3.8) is 0 Å². The first kappa shape index (κ1) is 15.7. The molecule has 1 amide bonds. The third kappa shape index (κ3) is 2.96. The lowest BCUT2D eigenvalue weighted by Gasteiger charge is -2.05. The van der Waals surface area contributed by atoms with E-state index in [1.165, 1.54) is 22.7 Å². The molecule has 1 aromatic carbocycles. The molecule has 3 aromatic rings. The van der Waals surface area contributed by atoms with Gasteiger partial charge in [-0.25, -0.2) is 14.2 Å². The second kappa shape index (κ2) is 6.11. The van der Waals surface area contributed by atoms with E-state index in [0.717, 1.165) is 5.56 Å². The van der Waals surface area contributed by atoms with E-state index in [-0.39, 0.29) is 23.7 Å². The normalized spacial score (nSPS) is 10.8. The Kier molecular flexibility index (Phi) is 3.99. The number of aryl methyl sites for hydroxylation is 1. The van der Waals surface area contributed by atoms with Crippen molar-refractivity contribution in [3.8, 4) is 0 Å². The van der Waals surface area contributed by atoms with Gasteiger partial charge in [0.1, 0.15) is 22.9 Å². The Morgan fingerprint density at radius 2 is 2.08 bits per heavy atom. The van der Waals surface area contributed by atoms with Gasteiger partial charge in [-0.2, -0.15) is 0 Å². The molecule has 0 aliphatic rings. The summed E-state index contributed by atoms with van der Waals surface area (Å²) in [6, 6.07) is 9.21. The van der Waals surface area contributed by atoms with E-state index in [0.29, 0.717) is 11.2 Å². The maximum absolute atomic E-state index is 13.2. The number of benzene rings is 1. The van der Waals surface area contributed by atoms with Gasteiger partial charge in [0, 0.05) is 12.7 Å². The number of nitrogens with zero attached hydrogens (tertiary/aromatic N) is 2. The number of carbonyl (C=O) groups excluding carboxylic acids is 1. The summed E-state index contributed by atoms with van der Waals surface area (Å²) >= 11 is 0. The minimum absolute atomic E-state index is 0.0215. The summed E-state index contributed by atoms with van der Waals surface area (Å²) in [6.07, 6.45) is 1.38. The van der Waals surface area contributed by atoms with Crippen LogP contribution in [0.3, 0.4) is 0 Å². The summed E-state index contributed by atoms with van der Waals surface area (Å²) in [5.41, 5.74) is 1.77. The fourth-order valence-corrected chi connectivity index (χ4v) is 2.38. The molecule has 0 spiro atoms. The Labute approximate surface area is 136 Å². The number of hydrogen-bond acceptors (Lipinski definition) is 3. The molecule has 0 atom stereocenters. The minimum atomic E-state index is -1.10. The van der Waals surface area contributed by atoms with Crippen molar-refractivity contribution in [1.82, 2.24) is 14.7 Å². The number of aromatic carboxylic acids is 1. The van der Waals surface area contributed by atoms with Crippen LogP contribution in [0.25, 0.3) is 5.65 Å². The molecule has 0 radical (unpaired) electrons. The number of nitrogens with one attached hydrogen (secondary N) is 1. The van der Waals surface area contributed by atoms with Crippen molar-refractivity contribution >= 4 is 17.5 Å². The van der Waals surface area contributed by atoms with Gasteiger partial charge >= 0.3 is 5.97 Å². The van der Waals surface area contributed by atoms with Crippen LogP contribution in [0.5, 0.6) is 0 Å². The Morgan fingerprint density at radius 3 is 2.79 bits per heavy atom. The molecular formula is C17H14FN3O3. The van der Waals surface area contributed by atoms with Gasteiger partial charge in [0.05, 0.1) is 0 Å². The topological polar surface area (TPSA) is 83.7 Å². The Bertz CT molecular complexity index is 949. The molecule has 0 aliphatic heterocycles. The molecule has 0 bridgehead atoms. The predicted molar refractivity (Wildman–Crippen MR) is 84.5 cm³/mol. The van der Waals surface area contributed by atoms with Gasteiger partial charge in [0.15, 0.2) is 0 Å². The molecule has 0 unspecified atom stereocenters. The zero-order valence-corrected chi connectivity index (χ0v) is 12.8. The van der Waals surface area contributed by atoms with Crippen molar-refractivity contribution in [2.45, 2.75) is 13.5 Å². The van der Waals surface area contributed by atoms with Crippen LogP contribution < -0.4 is 5.32 Å². The van der Waals surface area contributed by atoms with E-state index >= 15 is 0 Å². The van der Waals surface area contributed by atoms with Crippen LogP contribution >= 0.6 is 0 Å². The van der Waals surface area contributed by atoms with Gasteiger partial charge in [0.2, 0.25) is 0 Å². The van der Waals surface area contributed by atoms with Gasteiger partial charge in [-0.15, -0.1) is 0 Å². The lowest BCUT2D eigenvalue weighted by atomic mass is 10.1. The number of hydrogen-bond donors (Lipinski definition) is 2. The van der Waals surface area contributed by atoms with Gasteiger partial charge in [-0.1, -0.05) is 18.2 Å². The van der Waals surface area contributed by atoms with Crippen LogP contribution in [0.1, 0.15) is 32.1 Å². The first-order chi connectivity index (χ1) is 11.5. The molecule has 0 saturated carbocycles. The minimum Gasteiger partial charge on any atom is -0.477 e. The van der Waals surface area contributed by atoms with Gasteiger partial charge in [-0.05, 0) is 36.2 Å². The molecule has 7 heteroatoms. The highest BCUT2D eigenvalue weighted by Gasteiger charge is 2.14. The molecule has 2 N–H and O–H groups in total. The molecule has 6 nitrogen and oxygen atoms in total. The average molecular weight is 327 g/mol. The highest BCUT2D eigenvalue weighted by atomic mass is 19.1. The van der Waals surface area contributed by atoms with E-state index < -0.39 is 11.9 Å². The van der Waals surface area contributed by atoms with Crippen molar-refractivity contribution in [2.24, 2.45) is 0 Å². The molecule has 0 saturated heterocycles. The molecule has 2 heterocycles. The number of halogens is 1. The fourth-order valence-electron chi connectivity index (χ4n) is 2.38. The van der Waals surface area contributed by atoms with Crippen LogP contribution in [0.4, 0.5) is 4.39 Å². The average Bonchev–Trinajstić information content (AvgIpc) is 2.99. The van der Waals surface area contributed by atoms with Crippen LogP contribution in [0, 0.1) is 12.7 Å². The lowest BCUT2D eigenvalue weighted by Crippen LogP contribution is -2.23. The van der Waals surface area contributed by atoms with Crippen LogP contribution in [-0.4, -0.2) is 26.4 Å². The quantitative estimate of drug-likeness (QED) is 0.771. The lowest BCUT2D eigenvalue weighted by molar-refractivity contribution is 0.0688. The largest absolute Gasteiger partial charge is 0.477 e. The SMILES string of the molecule is Cc1cc(CNC(=O)c2cn3c(C(=O)O)cccc3n2)ccc1F. The predicted octanol–water partition coefficient (Wildman–Crippen LogP) is 2.41. The van der Waals surface area contributed by atoms with Crippen molar-refractivity contribution < 1.29 is 19.1 Å². The van der Waals surface area contributed by atoms with Crippen molar-refractivity contribution in [1.29, 1.82) is 0 Å². The number of imidazole rings is 1. The molecule has 0 fully saturated rings. The molecule has 0 aliphatic carbocycles. The third-order valence-corrected chi connectivity index (χ3v) is 3.62. The molecular weight excluding hydrogens is 313 g/mol. The third-order valence-electron chi connectivity index (χ3n) is 3.62. The first-order valence-electron chi connectivity index (χ1n) is 7.20. The van der Waals surface area contributed by atoms with E-state index in [4.69, 9.17) is 5.11 Å². The number of carboxylic acid groups (broad SMARTS) is 1. The van der Waals surface area contributed by atoms with E-state index in [1.807, 2.05) is 0 Å². The highest BCUT2D eigenvalue weighted by Crippen LogP contribution is 2.11. The van der Waals surface area contributed by atoms with Crippen LogP contribution in [0.15, 0.2) is 42.6 Å². The molecule has 122 valence electrons. The standard InChI is InChI=1S/C17H14FN3O3/c1-10-7-11(5-6-12(10)18)8-19-16(22)13-9-21-14(17(23)24)3-2-4-15(21)20-13/h2-7,9H,8H2,1H3,(H,19,22)(H,23,24). The number of amides is 1. The van der Waals surface area contributed by atoms with Crippen LogP contribution in [0.2, 0.25) is 0 Å². The summed E-state index contributed by atoms with van der Waals surface area (Å²) in [5, 5.41) is 11.8. The zero-order valence-electron chi connectivity index (χ0n) is 12.8. The molecule has 2 aromatic heterocycles. The second-order valence-corrected chi connectivity index (χ2v) is 5.34. The number of carboxylic acids is 1. The molecule has 3 rings (SSSR count). The Balaban J connectivity index is 1.80. The number of pyridine rings is 1. The number of fused-ring (bicyclic) bond motifs is 1. The summed E-state index contributed by atoms with van der Waals surface area (Å²) < 4.78 is 14.6. The number of aromatic nitrogens is 2. The first-order valence-corrected chi connectivity index (χ1v) is 7.20. The summed E-state index contributed by atoms with van der Waals surface area (Å²) in [5.74, 6) is -1.84. The second-order valence-electron chi connectivity index (χ2n) is 5.34. The maximum atomic E-state index is 13.2. The summed E-state index contributed by atoms with van der Waals surface area (Å²) in [6.45, 7) is 1.87. The van der Waals surface area contributed by atoms with Crippen LogP contribution in [-0.2, 0) is 6.54 Å². The fraction of sp³-hybridized carbons (Fsp3) is 0.118. The Hall–Kier alpha value is -3.22. The number of carbonyl (C=O) groups is 2. The van der Waals surface area contributed by atoms with Crippen molar-refractivity contribution in [3.05, 3.63) is 70.9 Å². The monoisotopic (exact) mass is 327 g/mol. The van der Waals surface area contributed by atoms with E-state index in [1.54, 1.807) is 31.2 Å². The highest BCUT2D eigenvalue weighted by molar-refractivity contribution is 5.93. The van der Waals surface area contributed by atoms with Gasteiger partial charge < -0.3 is 10.4 Å². The van der Waals surface area contributed by atoms with Gasteiger partial charge in [-0.3, -0.25) is 9.20 Å². The van der Waals surface area contributed by atoms with Crippen molar-refractivity contribution in [2.75, 3.05) is 0 Å². The smallest absolute Gasteiger partial charge is 0.352 e. The van der Waals surface area contributed by atoms with Gasteiger partial charge in [0.25, 0.3) is 5.91 Å². The molecule has 24 heavy (non-hydrogen) atoms. The number of rotatable bonds is 4. The maximum Gasteiger partial charge on any atom is 0.352 e.